The fraction of sp³-hybridized carbons (Fsp3) is 0.444. The molecule has 0 amide bonds. The predicted octanol–water partition coefficient (Wildman–Crippen LogP) is 1.17. The van der Waals surface area contributed by atoms with E-state index in [4.69, 9.17) is 0 Å². The Kier molecular flexibility index (Phi) is 1.34. The van der Waals surface area contributed by atoms with Crippen molar-refractivity contribution in [1.82, 2.24) is 4.98 Å². The number of aromatic amines is 1. The van der Waals surface area contributed by atoms with Crippen LogP contribution >= 0.6 is 0 Å². The lowest BCUT2D eigenvalue weighted by atomic mass is 10.2. The number of nitrogens with one attached hydrogen (secondary N) is 1. The Hall–Kier alpha value is -1.05. The van der Waals surface area contributed by atoms with E-state index < -0.39 is 0 Å². The molecule has 11 heavy (non-hydrogen) atoms. The first-order valence-corrected chi connectivity index (χ1v) is 3.99. The van der Waals surface area contributed by atoms with Gasteiger partial charge in [-0.15, -0.1) is 0 Å². The van der Waals surface area contributed by atoms with Gasteiger partial charge in [0, 0.05) is 11.3 Å². The molecule has 1 aromatic heterocycles. The molecule has 0 aromatic carbocycles. The van der Waals surface area contributed by atoms with E-state index >= 15 is 0 Å². The smallest absolute Gasteiger partial charge is 0.251 e. The van der Waals surface area contributed by atoms with Crippen LogP contribution in [0.1, 0.15) is 23.2 Å². The fourth-order valence-electron chi connectivity index (χ4n) is 1.63. The molecular formula is C9H11NO. The summed E-state index contributed by atoms with van der Waals surface area (Å²) in [5, 5.41) is 0. The van der Waals surface area contributed by atoms with Crippen molar-refractivity contribution in [3.05, 3.63) is 33.2 Å². The first kappa shape index (κ1) is 6.65. The molecule has 2 heteroatoms. The lowest BCUT2D eigenvalue weighted by Crippen LogP contribution is -2.11. The Morgan fingerprint density at radius 1 is 1.45 bits per heavy atom. The van der Waals surface area contributed by atoms with E-state index in [1.54, 1.807) is 0 Å². The molecule has 0 radical (unpaired) electrons. The van der Waals surface area contributed by atoms with Gasteiger partial charge in [-0.05, 0) is 37.8 Å². The maximum absolute atomic E-state index is 11.1. The van der Waals surface area contributed by atoms with E-state index in [0.717, 1.165) is 24.1 Å². The molecule has 2 rings (SSSR count). The van der Waals surface area contributed by atoms with Crippen molar-refractivity contribution < 1.29 is 0 Å². The van der Waals surface area contributed by atoms with Crippen LogP contribution in [0.4, 0.5) is 0 Å². The summed E-state index contributed by atoms with van der Waals surface area (Å²) in [6.07, 6.45) is 3.37. The van der Waals surface area contributed by atoms with Crippen molar-refractivity contribution in [2.45, 2.75) is 26.2 Å². The largest absolute Gasteiger partial charge is 0.326 e. The molecule has 1 aromatic rings. The summed E-state index contributed by atoms with van der Waals surface area (Å²) < 4.78 is 0. The standard InChI is InChI=1S/C9H11NO/c1-6-5-7-3-2-4-8(7)10-9(6)11/h5H,2-4H2,1H3,(H,10,11). The van der Waals surface area contributed by atoms with Crippen molar-refractivity contribution in [2.24, 2.45) is 0 Å². The third kappa shape index (κ3) is 0.985. The van der Waals surface area contributed by atoms with Gasteiger partial charge in [0.2, 0.25) is 0 Å². The predicted molar refractivity (Wildman–Crippen MR) is 43.8 cm³/mol. The number of aryl methyl sites for hydroxylation is 3. The highest BCUT2D eigenvalue weighted by molar-refractivity contribution is 5.28. The maximum Gasteiger partial charge on any atom is 0.251 e. The normalized spacial score (nSPS) is 15.0. The molecule has 0 bridgehead atoms. The van der Waals surface area contributed by atoms with Crippen LogP contribution in [0.3, 0.4) is 0 Å². The van der Waals surface area contributed by atoms with Crippen LogP contribution in [0.25, 0.3) is 0 Å². The van der Waals surface area contributed by atoms with Crippen LogP contribution < -0.4 is 5.56 Å². The summed E-state index contributed by atoms with van der Waals surface area (Å²) in [5.74, 6) is 0. The van der Waals surface area contributed by atoms with E-state index in [9.17, 15) is 4.79 Å². The van der Waals surface area contributed by atoms with Crippen LogP contribution in [-0.4, -0.2) is 4.98 Å². The SMILES string of the molecule is Cc1cc2c([nH]c1=O)CCC2. The lowest BCUT2D eigenvalue weighted by molar-refractivity contribution is 0.897. The van der Waals surface area contributed by atoms with Crippen molar-refractivity contribution in [3.8, 4) is 0 Å². The van der Waals surface area contributed by atoms with Gasteiger partial charge in [-0.25, -0.2) is 0 Å². The molecule has 2 nitrogen and oxygen atoms in total. The van der Waals surface area contributed by atoms with Gasteiger partial charge < -0.3 is 4.98 Å². The monoisotopic (exact) mass is 149 g/mol. The molecule has 58 valence electrons. The summed E-state index contributed by atoms with van der Waals surface area (Å²) in [6, 6.07) is 2.02. The number of pyridine rings is 1. The summed E-state index contributed by atoms with van der Waals surface area (Å²) in [5.41, 5.74) is 3.40. The Balaban J connectivity index is 2.66. The van der Waals surface area contributed by atoms with Crippen LogP contribution in [0.15, 0.2) is 10.9 Å². The van der Waals surface area contributed by atoms with Gasteiger partial charge >= 0.3 is 0 Å². The topological polar surface area (TPSA) is 32.9 Å². The second-order valence-corrected chi connectivity index (χ2v) is 3.14. The van der Waals surface area contributed by atoms with Gasteiger partial charge in [-0.1, -0.05) is 0 Å². The zero-order chi connectivity index (χ0) is 7.84. The molecule has 1 heterocycles. The number of fused-ring (bicyclic) bond motifs is 1. The minimum atomic E-state index is 0.0747. The third-order valence-electron chi connectivity index (χ3n) is 2.27. The summed E-state index contributed by atoms with van der Waals surface area (Å²) in [4.78, 5) is 14.0. The van der Waals surface area contributed by atoms with Gasteiger partial charge in [0.1, 0.15) is 0 Å². The van der Waals surface area contributed by atoms with Crippen molar-refractivity contribution in [3.63, 3.8) is 0 Å². The summed E-state index contributed by atoms with van der Waals surface area (Å²) in [6.45, 7) is 1.86. The molecule has 0 saturated carbocycles. The van der Waals surface area contributed by atoms with E-state index in [0.29, 0.717) is 0 Å². The molecular weight excluding hydrogens is 138 g/mol. The van der Waals surface area contributed by atoms with E-state index in [2.05, 4.69) is 4.98 Å². The van der Waals surface area contributed by atoms with Gasteiger partial charge in [0.25, 0.3) is 5.56 Å². The average molecular weight is 149 g/mol. The van der Waals surface area contributed by atoms with Crippen LogP contribution in [0, 0.1) is 6.92 Å². The average Bonchev–Trinajstić information content (AvgIpc) is 2.36. The Morgan fingerprint density at radius 3 is 3.09 bits per heavy atom. The molecule has 1 aliphatic rings. The van der Waals surface area contributed by atoms with Gasteiger partial charge in [-0.2, -0.15) is 0 Å². The Labute approximate surface area is 65.3 Å². The van der Waals surface area contributed by atoms with Crippen LogP contribution in [0.2, 0.25) is 0 Å². The van der Waals surface area contributed by atoms with E-state index in [1.165, 1.54) is 12.0 Å². The quantitative estimate of drug-likeness (QED) is 0.590. The summed E-state index contributed by atoms with van der Waals surface area (Å²) in [7, 11) is 0. The maximum atomic E-state index is 11.1. The Bertz CT molecular complexity index is 338. The van der Waals surface area contributed by atoms with Crippen LogP contribution in [-0.2, 0) is 12.8 Å². The van der Waals surface area contributed by atoms with Crippen molar-refractivity contribution >= 4 is 0 Å². The number of hydrogen-bond donors (Lipinski definition) is 1. The second kappa shape index (κ2) is 2.22. The molecule has 0 atom stereocenters. The number of hydrogen-bond acceptors (Lipinski definition) is 1. The fourth-order valence-corrected chi connectivity index (χ4v) is 1.63. The number of aromatic nitrogens is 1. The molecule has 0 aliphatic heterocycles. The first-order chi connectivity index (χ1) is 5.27. The van der Waals surface area contributed by atoms with Crippen molar-refractivity contribution in [2.75, 3.05) is 0 Å². The molecule has 0 saturated heterocycles. The highest BCUT2D eigenvalue weighted by atomic mass is 16.1. The molecule has 0 spiro atoms. The van der Waals surface area contributed by atoms with Crippen molar-refractivity contribution in [1.29, 1.82) is 0 Å². The number of H-pyrrole nitrogens is 1. The van der Waals surface area contributed by atoms with Gasteiger partial charge in [-0.3, -0.25) is 4.79 Å². The second-order valence-electron chi connectivity index (χ2n) is 3.14. The van der Waals surface area contributed by atoms with E-state index in [-0.39, 0.29) is 5.56 Å². The minimum absolute atomic E-state index is 0.0747. The molecule has 0 fully saturated rings. The first-order valence-electron chi connectivity index (χ1n) is 3.99. The zero-order valence-electron chi connectivity index (χ0n) is 6.61. The highest BCUT2D eigenvalue weighted by Crippen LogP contribution is 2.18. The molecule has 1 N–H and O–H groups in total. The third-order valence-corrected chi connectivity index (χ3v) is 2.27. The van der Waals surface area contributed by atoms with Crippen LogP contribution in [0.5, 0.6) is 0 Å². The summed E-state index contributed by atoms with van der Waals surface area (Å²) >= 11 is 0. The molecule has 0 unspecified atom stereocenters. The van der Waals surface area contributed by atoms with Gasteiger partial charge in [0.05, 0.1) is 0 Å². The Morgan fingerprint density at radius 2 is 2.27 bits per heavy atom. The van der Waals surface area contributed by atoms with E-state index in [1.807, 2.05) is 13.0 Å². The molecule has 1 aliphatic carbocycles. The minimum Gasteiger partial charge on any atom is -0.326 e. The highest BCUT2D eigenvalue weighted by Gasteiger charge is 2.11. The lowest BCUT2D eigenvalue weighted by Gasteiger charge is -1.98. The van der Waals surface area contributed by atoms with Gasteiger partial charge in [0.15, 0.2) is 0 Å². The number of rotatable bonds is 0. The zero-order valence-corrected chi connectivity index (χ0v) is 6.61.